The zero-order chi connectivity index (χ0) is 21.0. The Kier molecular flexibility index (Phi) is 15.5. The van der Waals surface area contributed by atoms with Gasteiger partial charge in [-0.05, 0) is 46.3 Å². The van der Waals surface area contributed by atoms with Crippen LogP contribution in [0, 0.1) is 0 Å². The Balaban J connectivity index is 0.00000784. The Morgan fingerprint density at radius 1 is 1.14 bits per heavy atom. The van der Waals surface area contributed by atoms with E-state index in [2.05, 4.69) is 34.0 Å². The Morgan fingerprint density at radius 2 is 1.76 bits per heavy atom. The van der Waals surface area contributed by atoms with Crippen molar-refractivity contribution in [3.05, 3.63) is 0 Å². The summed E-state index contributed by atoms with van der Waals surface area (Å²) in [5.74, 6) is 0.910. The predicted octanol–water partition coefficient (Wildman–Crippen LogP) is 1.67. The van der Waals surface area contributed by atoms with Crippen molar-refractivity contribution in [3.63, 3.8) is 0 Å². The molecule has 0 saturated carbocycles. The Bertz CT molecular complexity index is 548. The second-order valence-electron chi connectivity index (χ2n) is 7.33. The van der Waals surface area contributed by atoms with Crippen LogP contribution >= 0.6 is 24.0 Å². The summed E-state index contributed by atoms with van der Waals surface area (Å²) in [5, 5.41) is 3.42. The molecule has 0 amide bonds. The number of rotatable bonds is 12. The van der Waals surface area contributed by atoms with E-state index < -0.39 is 10.0 Å². The van der Waals surface area contributed by atoms with Gasteiger partial charge in [-0.3, -0.25) is 4.99 Å². The monoisotopic (exact) mass is 547 g/mol. The molecule has 0 aromatic carbocycles. The lowest BCUT2D eigenvalue weighted by Gasteiger charge is -2.35. The molecule has 0 unspecified atom stereocenters. The molecular weight excluding hydrogens is 505 g/mol. The fourth-order valence-corrected chi connectivity index (χ4v) is 4.51. The molecule has 0 aromatic heterocycles. The van der Waals surface area contributed by atoms with Crippen LogP contribution in [-0.2, 0) is 14.8 Å². The number of ether oxygens (including phenoxy) is 1. The largest absolute Gasteiger partial charge is 0.378 e. The van der Waals surface area contributed by atoms with Crippen LogP contribution < -0.4 is 5.32 Å². The zero-order valence-electron chi connectivity index (χ0n) is 18.9. The van der Waals surface area contributed by atoms with Crippen molar-refractivity contribution < 1.29 is 13.2 Å². The van der Waals surface area contributed by atoms with Gasteiger partial charge in [-0.25, -0.2) is 8.42 Å². The number of halogens is 1. The van der Waals surface area contributed by atoms with Crippen LogP contribution in [0.2, 0.25) is 0 Å². The van der Waals surface area contributed by atoms with Gasteiger partial charge in [-0.2, -0.15) is 4.31 Å². The van der Waals surface area contributed by atoms with E-state index in [0.29, 0.717) is 26.2 Å². The highest BCUT2D eigenvalue weighted by molar-refractivity contribution is 14.0. The molecule has 1 rings (SSSR count). The van der Waals surface area contributed by atoms with E-state index in [0.717, 1.165) is 45.0 Å². The molecular formula is C19H42IN5O3S. The molecule has 1 saturated heterocycles. The quantitative estimate of drug-likeness (QED) is 0.174. The number of sulfonamides is 1. The Hall–Kier alpha value is -0.170. The molecule has 8 nitrogen and oxygen atoms in total. The molecule has 1 fully saturated rings. The number of aliphatic imine (C=N–C) groups is 1. The molecule has 1 aliphatic heterocycles. The number of nitrogens with zero attached hydrogens (tertiary/aromatic N) is 4. The third kappa shape index (κ3) is 11.1. The molecule has 0 aromatic rings. The van der Waals surface area contributed by atoms with Crippen molar-refractivity contribution in [2.75, 3.05) is 71.8 Å². The minimum Gasteiger partial charge on any atom is -0.378 e. The normalized spacial score (nSPS) is 16.4. The van der Waals surface area contributed by atoms with Crippen LogP contribution in [0.4, 0.5) is 0 Å². The van der Waals surface area contributed by atoms with Crippen molar-refractivity contribution in [3.8, 4) is 0 Å². The van der Waals surface area contributed by atoms with E-state index in [-0.39, 0.29) is 42.4 Å². The summed E-state index contributed by atoms with van der Waals surface area (Å²) in [4.78, 5) is 8.94. The second kappa shape index (κ2) is 15.6. The van der Waals surface area contributed by atoms with Crippen LogP contribution in [0.5, 0.6) is 0 Å². The number of hydrogen-bond donors (Lipinski definition) is 1. The smallest absolute Gasteiger partial charge is 0.216 e. The Labute approximate surface area is 195 Å². The summed E-state index contributed by atoms with van der Waals surface area (Å²) in [7, 11) is -1.47. The fraction of sp³-hybridized carbons (Fsp3) is 0.947. The lowest BCUT2D eigenvalue weighted by atomic mass is 10.3. The van der Waals surface area contributed by atoms with Crippen molar-refractivity contribution in [1.29, 1.82) is 0 Å². The molecule has 1 aliphatic rings. The molecule has 10 heteroatoms. The highest BCUT2D eigenvalue weighted by Gasteiger charge is 2.27. The van der Waals surface area contributed by atoms with Crippen molar-refractivity contribution in [1.82, 2.24) is 19.4 Å². The first kappa shape index (κ1) is 28.8. The molecule has 0 radical (unpaired) electrons. The summed E-state index contributed by atoms with van der Waals surface area (Å²) in [5.41, 5.74) is 0. The third-order valence-corrected chi connectivity index (χ3v) is 6.85. The number of hydrogen-bond acceptors (Lipinski definition) is 5. The van der Waals surface area contributed by atoms with Gasteiger partial charge in [-0.15, -0.1) is 24.0 Å². The third-order valence-electron chi connectivity index (χ3n) is 5.01. The standard InChI is InChI=1S/C19H41N5O3S.HI/c1-6-22(7-2)11-9-8-10-21-19(20-5)23-12-14-24(15-13-23)28(25,26)17-16-27-18(3)4;/h18H,6-17H2,1-5H3,(H,20,21);1H. The van der Waals surface area contributed by atoms with Crippen LogP contribution in [0.15, 0.2) is 4.99 Å². The van der Waals surface area contributed by atoms with Gasteiger partial charge in [0.25, 0.3) is 0 Å². The summed E-state index contributed by atoms with van der Waals surface area (Å²) in [6, 6.07) is 0. The van der Waals surface area contributed by atoms with Crippen molar-refractivity contribution >= 4 is 40.0 Å². The van der Waals surface area contributed by atoms with E-state index in [1.807, 2.05) is 13.8 Å². The lowest BCUT2D eigenvalue weighted by Crippen LogP contribution is -2.54. The van der Waals surface area contributed by atoms with E-state index >= 15 is 0 Å². The maximum absolute atomic E-state index is 12.4. The van der Waals surface area contributed by atoms with Crippen molar-refractivity contribution in [2.24, 2.45) is 4.99 Å². The first-order valence-corrected chi connectivity index (χ1v) is 12.2. The highest BCUT2D eigenvalue weighted by Crippen LogP contribution is 2.09. The second-order valence-corrected chi connectivity index (χ2v) is 9.42. The predicted molar refractivity (Wildman–Crippen MR) is 132 cm³/mol. The van der Waals surface area contributed by atoms with Crippen LogP contribution in [0.1, 0.15) is 40.5 Å². The molecule has 0 bridgehead atoms. The summed E-state index contributed by atoms with van der Waals surface area (Å²) >= 11 is 0. The SMILES string of the molecule is CCN(CC)CCCCNC(=NC)N1CCN(S(=O)(=O)CCOC(C)C)CC1.I. The maximum atomic E-state index is 12.4. The molecule has 0 atom stereocenters. The van der Waals surface area contributed by atoms with Gasteiger partial charge >= 0.3 is 0 Å². The van der Waals surface area contributed by atoms with Gasteiger partial charge in [0, 0.05) is 39.8 Å². The first-order chi connectivity index (χ1) is 13.3. The van der Waals surface area contributed by atoms with E-state index in [1.165, 1.54) is 0 Å². The molecule has 1 heterocycles. The molecule has 174 valence electrons. The topological polar surface area (TPSA) is 77.5 Å². The average molecular weight is 548 g/mol. The first-order valence-electron chi connectivity index (χ1n) is 10.6. The lowest BCUT2D eigenvalue weighted by molar-refractivity contribution is 0.0904. The van der Waals surface area contributed by atoms with Crippen LogP contribution in [-0.4, -0.2) is 106 Å². The van der Waals surface area contributed by atoms with E-state index in [1.54, 1.807) is 11.4 Å². The fourth-order valence-electron chi connectivity index (χ4n) is 3.23. The molecule has 1 N–H and O–H groups in total. The van der Waals surface area contributed by atoms with Crippen LogP contribution in [0.25, 0.3) is 0 Å². The summed E-state index contributed by atoms with van der Waals surface area (Å²) in [6.45, 7) is 15.0. The van der Waals surface area contributed by atoms with Gasteiger partial charge < -0.3 is 19.9 Å². The summed E-state index contributed by atoms with van der Waals surface area (Å²) < 4.78 is 31.8. The van der Waals surface area contributed by atoms with Gasteiger partial charge in [0.05, 0.1) is 18.5 Å². The van der Waals surface area contributed by atoms with Gasteiger partial charge in [0.2, 0.25) is 10.0 Å². The Morgan fingerprint density at radius 3 is 2.28 bits per heavy atom. The van der Waals surface area contributed by atoms with Gasteiger partial charge in [0.15, 0.2) is 5.96 Å². The molecule has 0 aliphatic carbocycles. The number of piperazine rings is 1. The van der Waals surface area contributed by atoms with Gasteiger partial charge in [-0.1, -0.05) is 13.8 Å². The molecule has 0 spiro atoms. The number of unbranched alkanes of at least 4 members (excludes halogenated alkanes) is 1. The summed E-state index contributed by atoms with van der Waals surface area (Å²) in [6.07, 6.45) is 2.31. The highest BCUT2D eigenvalue weighted by atomic mass is 127. The molecule has 29 heavy (non-hydrogen) atoms. The zero-order valence-corrected chi connectivity index (χ0v) is 22.0. The van der Waals surface area contributed by atoms with E-state index in [9.17, 15) is 8.42 Å². The van der Waals surface area contributed by atoms with Crippen LogP contribution in [0.3, 0.4) is 0 Å². The van der Waals surface area contributed by atoms with Gasteiger partial charge in [0.1, 0.15) is 0 Å². The minimum atomic E-state index is -3.26. The minimum absolute atomic E-state index is 0. The number of nitrogens with one attached hydrogen (secondary N) is 1. The average Bonchev–Trinajstić information content (AvgIpc) is 2.67. The van der Waals surface area contributed by atoms with E-state index in [4.69, 9.17) is 4.74 Å². The number of guanidine groups is 1. The van der Waals surface area contributed by atoms with Crippen molar-refractivity contribution in [2.45, 2.75) is 46.6 Å². The maximum Gasteiger partial charge on any atom is 0.216 e.